The Labute approximate surface area is 179 Å². The van der Waals surface area contributed by atoms with Crippen LogP contribution in [0, 0.1) is 6.92 Å². The minimum atomic E-state index is -0.999. The smallest absolute Gasteiger partial charge is 0.0768 e. The van der Waals surface area contributed by atoms with Crippen LogP contribution in [-0.4, -0.2) is 10.7 Å². The summed E-state index contributed by atoms with van der Waals surface area (Å²) in [6.45, 7) is 4.50. The number of aliphatic hydroxyl groups is 1. The quantitative estimate of drug-likeness (QED) is 0.438. The van der Waals surface area contributed by atoms with Gasteiger partial charge in [0, 0.05) is 18.9 Å². The van der Waals surface area contributed by atoms with E-state index in [-0.39, 0.29) is 5.92 Å². The van der Waals surface area contributed by atoms with Crippen molar-refractivity contribution in [1.29, 1.82) is 0 Å². The van der Waals surface area contributed by atoms with Crippen molar-refractivity contribution in [1.82, 2.24) is 0 Å². The molecule has 0 saturated carbocycles. The van der Waals surface area contributed by atoms with Gasteiger partial charge in [-0.1, -0.05) is 91.0 Å². The lowest BCUT2D eigenvalue weighted by Crippen LogP contribution is -2.37. The molecule has 4 aromatic carbocycles. The van der Waals surface area contributed by atoms with Crippen molar-refractivity contribution >= 4 is 10.8 Å². The van der Waals surface area contributed by atoms with Gasteiger partial charge in [-0.3, -0.25) is 0 Å². The first-order valence-corrected chi connectivity index (χ1v) is 10.5. The molecule has 3 N–H and O–H groups in total. The first-order valence-electron chi connectivity index (χ1n) is 10.5. The summed E-state index contributed by atoms with van der Waals surface area (Å²) in [7, 11) is 0. The van der Waals surface area contributed by atoms with E-state index in [1.165, 1.54) is 16.3 Å². The van der Waals surface area contributed by atoms with Crippen molar-refractivity contribution in [3.63, 3.8) is 0 Å². The summed E-state index contributed by atoms with van der Waals surface area (Å²) in [6, 6.07) is 31.3. The predicted octanol–water partition coefficient (Wildman–Crippen LogP) is 5.73. The van der Waals surface area contributed by atoms with Crippen molar-refractivity contribution in [3.8, 4) is 0 Å². The van der Waals surface area contributed by atoms with Crippen LogP contribution in [0.2, 0.25) is 0 Å². The molecule has 0 aliphatic heterocycles. The zero-order chi connectivity index (χ0) is 21.1. The molecule has 2 nitrogen and oxygen atoms in total. The van der Waals surface area contributed by atoms with Crippen molar-refractivity contribution in [2.75, 3.05) is 0 Å². The Kier molecular flexibility index (Phi) is 5.72. The van der Waals surface area contributed by atoms with Crippen molar-refractivity contribution in [3.05, 3.63) is 119 Å². The second-order valence-electron chi connectivity index (χ2n) is 8.36. The van der Waals surface area contributed by atoms with E-state index in [1.54, 1.807) is 0 Å². The number of hydrogen-bond donors (Lipinski definition) is 2. The van der Waals surface area contributed by atoms with Crippen molar-refractivity contribution in [2.45, 2.75) is 38.3 Å². The van der Waals surface area contributed by atoms with E-state index in [1.807, 2.05) is 31.2 Å². The van der Waals surface area contributed by atoms with E-state index in [0.29, 0.717) is 13.0 Å². The van der Waals surface area contributed by atoms with Crippen LogP contribution in [0.25, 0.3) is 10.8 Å². The fourth-order valence-electron chi connectivity index (χ4n) is 4.64. The molecule has 0 amide bonds. The lowest BCUT2D eigenvalue weighted by molar-refractivity contribution is 0.0431. The average molecular weight is 396 g/mol. The van der Waals surface area contributed by atoms with Crippen LogP contribution in [0.3, 0.4) is 0 Å². The molecule has 0 radical (unpaired) electrons. The van der Waals surface area contributed by atoms with Gasteiger partial charge in [-0.2, -0.15) is 0 Å². The van der Waals surface area contributed by atoms with Crippen LogP contribution in [0.4, 0.5) is 0 Å². The predicted molar refractivity (Wildman–Crippen MR) is 126 cm³/mol. The van der Waals surface area contributed by atoms with Gasteiger partial charge >= 0.3 is 0 Å². The fourth-order valence-corrected chi connectivity index (χ4v) is 4.64. The van der Waals surface area contributed by atoms with E-state index >= 15 is 0 Å². The number of benzene rings is 4. The maximum Gasteiger partial charge on any atom is 0.0768 e. The molecule has 0 spiro atoms. The van der Waals surface area contributed by atoms with Gasteiger partial charge < -0.3 is 10.8 Å². The first kappa shape index (κ1) is 20.3. The standard InChI is InChI=1S/C28H29NO/c1-20-10-3-4-12-22(20)18-28(2,30)27(25-16-8-6-13-23(25)19-29)26-17-9-14-21-11-5-7-15-24(21)26/h3-17,27,30H,18-19,29H2,1-2H3. The van der Waals surface area contributed by atoms with Crippen LogP contribution in [0.15, 0.2) is 91.0 Å². The molecular formula is C28H29NO. The Morgan fingerprint density at radius 2 is 1.37 bits per heavy atom. The van der Waals surface area contributed by atoms with E-state index in [4.69, 9.17) is 5.73 Å². The molecule has 0 saturated heterocycles. The topological polar surface area (TPSA) is 46.2 Å². The third-order valence-corrected chi connectivity index (χ3v) is 6.15. The molecule has 2 unspecified atom stereocenters. The zero-order valence-corrected chi connectivity index (χ0v) is 17.7. The monoisotopic (exact) mass is 395 g/mol. The molecular weight excluding hydrogens is 366 g/mol. The Morgan fingerprint density at radius 1 is 0.767 bits per heavy atom. The summed E-state index contributed by atoms with van der Waals surface area (Å²) in [4.78, 5) is 0. The molecule has 0 aromatic heterocycles. The molecule has 30 heavy (non-hydrogen) atoms. The summed E-state index contributed by atoms with van der Waals surface area (Å²) in [5, 5.41) is 14.3. The summed E-state index contributed by atoms with van der Waals surface area (Å²) >= 11 is 0. The molecule has 4 aromatic rings. The average Bonchev–Trinajstić information content (AvgIpc) is 2.76. The molecule has 0 aliphatic carbocycles. The first-order chi connectivity index (χ1) is 14.5. The highest BCUT2D eigenvalue weighted by atomic mass is 16.3. The fraction of sp³-hybridized carbons (Fsp3) is 0.214. The van der Waals surface area contributed by atoms with Crippen LogP contribution in [-0.2, 0) is 13.0 Å². The van der Waals surface area contributed by atoms with Gasteiger partial charge in [0.05, 0.1) is 5.60 Å². The molecule has 152 valence electrons. The Hall–Kier alpha value is -2.94. The highest BCUT2D eigenvalue weighted by Gasteiger charge is 2.36. The van der Waals surface area contributed by atoms with Gasteiger partial charge in [0.15, 0.2) is 0 Å². The van der Waals surface area contributed by atoms with E-state index in [9.17, 15) is 5.11 Å². The maximum atomic E-state index is 12.0. The van der Waals surface area contributed by atoms with Crippen LogP contribution in [0.5, 0.6) is 0 Å². The lowest BCUT2D eigenvalue weighted by Gasteiger charge is -2.36. The third-order valence-electron chi connectivity index (χ3n) is 6.15. The molecule has 2 heteroatoms. The third kappa shape index (κ3) is 3.89. The number of aryl methyl sites for hydroxylation is 1. The molecule has 0 bridgehead atoms. The summed E-state index contributed by atoms with van der Waals surface area (Å²) < 4.78 is 0. The number of fused-ring (bicyclic) bond motifs is 1. The summed E-state index contributed by atoms with van der Waals surface area (Å²) in [5.41, 5.74) is 10.8. The van der Waals surface area contributed by atoms with Gasteiger partial charge in [0.1, 0.15) is 0 Å². The normalized spacial score (nSPS) is 14.4. The second-order valence-corrected chi connectivity index (χ2v) is 8.36. The molecule has 0 fully saturated rings. The molecule has 4 rings (SSSR count). The summed E-state index contributed by atoms with van der Waals surface area (Å²) in [6.07, 6.45) is 0.562. The largest absolute Gasteiger partial charge is 0.389 e. The minimum Gasteiger partial charge on any atom is -0.389 e. The van der Waals surface area contributed by atoms with Gasteiger partial charge in [0.2, 0.25) is 0 Å². The Morgan fingerprint density at radius 3 is 2.13 bits per heavy atom. The van der Waals surface area contributed by atoms with Gasteiger partial charge in [0.25, 0.3) is 0 Å². The number of hydrogen-bond acceptors (Lipinski definition) is 2. The number of nitrogens with two attached hydrogens (primary N) is 1. The van der Waals surface area contributed by atoms with Crippen LogP contribution >= 0.6 is 0 Å². The Balaban J connectivity index is 1.93. The molecule has 2 atom stereocenters. The SMILES string of the molecule is Cc1ccccc1CC(C)(O)C(c1ccccc1CN)c1cccc2ccccc12. The van der Waals surface area contributed by atoms with Crippen molar-refractivity contribution < 1.29 is 5.11 Å². The van der Waals surface area contributed by atoms with Gasteiger partial charge in [-0.25, -0.2) is 0 Å². The van der Waals surface area contributed by atoms with Crippen LogP contribution < -0.4 is 5.73 Å². The van der Waals surface area contributed by atoms with Crippen molar-refractivity contribution in [2.24, 2.45) is 5.73 Å². The number of rotatable bonds is 6. The van der Waals surface area contributed by atoms with E-state index in [0.717, 1.165) is 22.3 Å². The van der Waals surface area contributed by atoms with Gasteiger partial charge in [-0.15, -0.1) is 0 Å². The highest BCUT2D eigenvalue weighted by molar-refractivity contribution is 5.86. The van der Waals surface area contributed by atoms with E-state index < -0.39 is 5.60 Å². The van der Waals surface area contributed by atoms with Gasteiger partial charge in [-0.05, 0) is 52.4 Å². The lowest BCUT2D eigenvalue weighted by atomic mass is 9.72. The highest BCUT2D eigenvalue weighted by Crippen LogP contribution is 2.41. The van der Waals surface area contributed by atoms with E-state index in [2.05, 4.69) is 73.7 Å². The minimum absolute atomic E-state index is 0.206. The molecule has 0 heterocycles. The molecule has 0 aliphatic rings. The Bertz CT molecular complexity index is 1160. The summed E-state index contributed by atoms with van der Waals surface area (Å²) in [5.74, 6) is -0.206. The van der Waals surface area contributed by atoms with Crippen LogP contribution in [0.1, 0.15) is 40.7 Å². The second kappa shape index (κ2) is 8.43. The zero-order valence-electron chi connectivity index (χ0n) is 17.7. The maximum absolute atomic E-state index is 12.0.